The summed E-state index contributed by atoms with van der Waals surface area (Å²) in [5, 5.41) is 2.43. The average Bonchev–Trinajstić information content (AvgIpc) is 3.71. The minimum absolute atomic E-state index is 1.05. The fourth-order valence-corrected chi connectivity index (χ4v) is 12.2. The smallest absolute Gasteiger partial charge is 0.0509 e. The first-order valence-electron chi connectivity index (χ1n) is 16.7. The quantitative estimate of drug-likeness (QED) is 0.156. The first-order chi connectivity index (χ1) is 25.4. The Labute approximate surface area is 344 Å². The molecule has 0 bridgehead atoms. The summed E-state index contributed by atoms with van der Waals surface area (Å²) < 4.78 is 6.83. The summed E-state index contributed by atoms with van der Waals surface area (Å²) in [6, 6.07) is 56.8. The van der Waals surface area contributed by atoms with Crippen LogP contribution in [0.3, 0.4) is 0 Å². The molecule has 0 N–H and O–H groups in total. The van der Waals surface area contributed by atoms with Crippen molar-refractivity contribution in [2.24, 2.45) is 0 Å². The molecule has 9 rings (SSSR count). The molecule has 0 unspecified atom stereocenters. The summed E-state index contributed by atoms with van der Waals surface area (Å²) in [6.07, 6.45) is 0. The van der Waals surface area contributed by atoms with Crippen molar-refractivity contribution in [2.45, 2.75) is 0 Å². The zero-order chi connectivity index (χ0) is 35.3. The molecule has 0 nitrogen and oxygen atoms in total. The van der Waals surface area contributed by atoms with Crippen LogP contribution >= 0.6 is 86.4 Å². The Morgan fingerprint density at radius 2 is 0.615 bits per heavy atom. The highest BCUT2D eigenvalue weighted by molar-refractivity contribution is 9.11. The molecule has 2 aromatic heterocycles. The summed E-state index contributed by atoms with van der Waals surface area (Å²) in [6.45, 7) is 0. The van der Waals surface area contributed by atoms with Gasteiger partial charge in [0.15, 0.2) is 0 Å². The van der Waals surface area contributed by atoms with Crippen molar-refractivity contribution in [2.75, 3.05) is 0 Å². The van der Waals surface area contributed by atoms with Gasteiger partial charge in [-0.25, -0.2) is 0 Å². The van der Waals surface area contributed by atoms with Gasteiger partial charge in [-0.1, -0.05) is 165 Å². The molecule has 9 aromatic rings. The van der Waals surface area contributed by atoms with Gasteiger partial charge in [0.25, 0.3) is 0 Å². The van der Waals surface area contributed by atoms with Crippen LogP contribution in [0.15, 0.2) is 176 Å². The van der Waals surface area contributed by atoms with E-state index in [1.807, 2.05) is 22.7 Å². The lowest BCUT2D eigenvalue weighted by atomic mass is 10.00. The van der Waals surface area contributed by atoms with Gasteiger partial charge in [-0.3, -0.25) is 0 Å². The number of thiophene rings is 2. The maximum absolute atomic E-state index is 3.97. The van der Waals surface area contributed by atoms with Crippen LogP contribution in [0.5, 0.6) is 0 Å². The highest BCUT2D eigenvalue weighted by Gasteiger charge is 2.20. The molecular weight excluding hydrogens is 936 g/mol. The van der Waals surface area contributed by atoms with Gasteiger partial charge >= 0.3 is 0 Å². The summed E-state index contributed by atoms with van der Waals surface area (Å²) in [4.78, 5) is 2.40. The molecule has 0 aliphatic heterocycles. The lowest BCUT2D eigenvalue weighted by Gasteiger charge is -2.09. The highest BCUT2D eigenvalue weighted by Crippen LogP contribution is 2.50. The molecule has 0 fully saturated rings. The molecular formula is C46H26Br4S2. The molecule has 0 saturated carbocycles. The Morgan fingerprint density at radius 1 is 0.308 bits per heavy atom. The predicted molar refractivity (Wildman–Crippen MR) is 241 cm³/mol. The van der Waals surface area contributed by atoms with E-state index in [0.717, 1.165) is 29.0 Å². The van der Waals surface area contributed by atoms with Gasteiger partial charge in [0, 0.05) is 49.2 Å². The SMILES string of the molecule is Brc1cc(-c2sc3cc(-c4ccc(-c5ccccc5)cc4)ccc3c2Br)c(Br)cc1-c1sc2cc(-c3ccc(-c4ccccc4)cc3)ccc2c1Br. The van der Waals surface area contributed by atoms with Gasteiger partial charge in [0.2, 0.25) is 0 Å². The summed E-state index contributed by atoms with van der Waals surface area (Å²) >= 11 is 19.5. The second-order valence-corrected chi connectivity index (χ2v) is 18.0. The molecule has 52 heavy (non-hydrogen) atoms. The third-order valence-electron chi connectivity index (χ3n) is 9.46. The number of halogens is 4. The lowest BCUT2D eigenvalue weighted by molar-refractivity contribution is 1.58. The van der Waals surface area contributed by atoms with Gasteiger partial charge in [-0.15, -0.1) is 22.7 Å². The zero-order valence-electron chi connectivity index (χ0n) is 27.3. The Balaban J connectivity index is 1.02. The Kier molecular flexibility index (Phi) is 9.41. The predicted octanol–water partition coefficient (Wildman–Crippen LogP) is 17.2. The fraction of sp³-hybridized carbons (Fsp3) is 0. The monoisotopic (exact) mass is 958 g/mol. The van der Waals surface area contributed by atoms with Crippen LogP contribution in [-0.2, 0) is 0 Å². The molecule has 0 spiro atoms. The van der Waals surface area contributed by atoms with E-state index >= 15 is 0 Å². The third kappa shape index (κ3) is 6.38. The first-order valence-corrected chi connectivity index (χ1v) is 21.5. The normalized spacial score (nSPS) is 11.5. The van der Waals surface area contributed by atoms with Crippen LogP contribution in [0.1, 0.15) is 0 Å². The van der Waals surface area contributed by atoms with Crippen LogP contribution in [-0.4, -0.2) is 0 Å². The topological polar surface area (TPSA) is 0 Å². The van der Waals surface area contributed by atoms with Crippen LogP contribution in [0.25, 0.3) is 85.6 Å². The molecule has 7 aromatic carbocycles. The average molecular weight is 962 g/mol. The summed E-state index contributed by atoms with van der Waals surface area (Å²) in [7, 11) is 0. The highest BCUT2D eigenvalue weighted by atomic mass is 79.9. The van der Waals surface area contributed by atoms with Gasteiger partial charge in [-0.05, 0) is 101 Å². The van der Waals surface area contributed by atoms with Gasteiger partial charge in [0.1, 0.15) is 0 Å². The van der Waals surface area contributed by atoms with Crippen molar-refractivity contribution in [1.29, 1.82) is 0 Å². The summed E-state index contributed by atoms with van der Waals surface area (Å²) in [5.74, 6) is 0. The van der Waals surface area contributed by atoms with Gasteiger partial charge in [-0.2, -0.15) is 0 Å². The van der Waals surface area contributed by atoms with E-state index in [4.69, 9.17) is 0 Å². The summed E-state index contributed by atoms with van der Waals surface area (Å²) in [5.41, 5.74) is 12.1. The minimum Gasteiger partial charge on any atom is -0.134 e. The molecule has 0 aliphatic rings. The Morgan fingerprint density at radius 3 is 0.981 bits per heavy atom. The number of benzene rings is 7. The minimum atomic E-state index is 1.05. The number of fused-ring (bicyclic) bond motifs is 2. The van der Waals surface area contributed by atoms with Crippen LogP contribution in [0, 0.1) is 0 Å². The number of hydrogen-bond donors (Lipinski definition) is 0. The van der Waals surface area contributed by atoms with Crippen LogP contribution in [0.4, 0.5) is 0 Å². The molecule has 0 amide bonds. The van der Waals surface area contributed by atoms with Crippen molar-refractivity contribution in [1.82, 2.24) is 0 Å². The van der Waals surface area contributed by atoms with E-state index < -0.39 is 0 Å². The number of rotatable bonds is 6. The third-order valence-corrected chi connectivity index (χ3v) is 15.3. The van der Waals surface area contributed by atoms with E-state index in [1.54, 1.807) is 0 Å². The van der Waals surface area contributed by atoms with Crippen LogP contribution < -0.4 is 0 Å². The van der Waals surface area contributed by atoms with E-state index in [9.17, 15) is 0 Å². The molecule has 6 heteroatoms. The second kappa shape index (κ2) is 14.3. The van der Waals surface area contributed by atoms with E-state index in [0.29, 0.717) is 0 Å². The van der Waals surface area contributed by atoms with Crippen molar-refractivity contribution >= 4 is 107 Å². The van der Waals surface area contributed by atoms with Crippen molar-refractivity contribution in [3.05, 3.63) is 176 Å². The van der Waals surface area contributed by atoms with Crippen molar-refractivity contribution < 1.29 is 0 Å². The Bertz CT molecular complexity index is 2550. The number of hydrogen-bond acceptors (Lipinski definition) is 2. The fourth-order valence-electron chi connectivity index (χ4n) is 6.70. The molecule has 0 aliphatic carbocycles. The van der Waals surface area contributed by atoms with Crippen molar-refractivity contribution in [3.63, 3.8) is 0 Å². The zero-order valence-corrected chi connectivity index (χ0v) is 35.3. The molecule has 250 valence electrons. The van der Waals surface area contributed by atoms with Crippen LogP contribution in [0.2, 0.25) is 0 Å². The molecule has 2 heterocycles. The molecule has 0 atom stereocenters. The Hall–Kier alpha value is -3.62. The lowest BCUT2D eigenvalue weighted by Crippen LogP contribution is -1.83. The van der Waals surface area contributed by atoms with Gasteiger partial charge in [0.05, 0.1) is 9.75 Å². The standard InChI is InChI=1S/C46H26Br4S2/c47-39-26-38(46-44(50)36-22-20-34(24-42(36)52-46)32-17-13-30(14-18-32)28-9-5-2-6-10-28)40(48)25-37(39)45-43(49)35-21-19-33(23-41(35)51-45)31-15-11-29(12-16-31)27-7-3-1-4-8-27/h1-26H. The first kappa shape index (κ1) is 34.2. The van der Waals surface area contributed by atoms with Crippen molar-refractivity contribution in [3.8, 4) is 65.4 Å². The van der Waals surface area contributed by atoms with E-state index in [-0.39, 0.29) is 0 Å². The van der Waals surface area contributed by atoms with Gasteiger partial charge < -0.3 is 0 Å². The molecule has 0 radical (unpaired) electrons. The van der Waals surface area contributed by atoms with E-state index in [2.05, 4.69) is 221 Å². The maximum Gasteiger partial charge on any atom is 0.0509 e. The molecule has 0 saturated heterocycles. The van der Waals surface area contributed by atoms with E-state index in [1.165, 1.54) is 74.4 Å². The second-order valence-electron chi connectivity index (χ2n) is 12.6. The maximum atomic E-state index is 3.97. The largest absolute Gasteiger partial charge is 0.134 e.